The summed E-state index contributed by atoms with van der Waals surface area (Å²) in [6.45, 7) is 0.0799. The molecule has 0 radical (unpaired) electrons. The molecule has 0 aromatic heterocycles. The number of nitrogens with one attached hydrogen (secondary N) is 2. The van der Waals surface area contributed by atoms with Gasteiger partial charge in [0.2, 0.25) is 0 Å². The molecule has 1 atom stereocenters. The summed E-state index contributed by atoms with van der Waals surface area (Å²) in [5, 5.41) is 17.7. The van der Waals surface area contributed by atoms with Gasteiger partial charge in [0.15, 0.2) is 0 Å². The van der Waals surface area contributed by atoms with E-state index in [1.165, 1.54) is 7.11 Å². The Morgan fingerprint density at radius 2 is 1.87 bits per heavy atom. The van der Waals surface area contributed by atoms with Crippen molar-refractivity contribution in [2.45, 2.75) is 12.3 Å². The minimum absolute atomic E-state index is 0.0799. The van der Waals surface area contributed by atoms with Gasteiger partial charge in [-0.2, -0.15) is 0 Å². The average molecular weight is 438 g/mol. The number of aliphatic hydroxyl groups is 1. The molecule has 158 valence electrons. The first-order chi connectivity index (χ1) is 14.9. The Morgan fingerprint density at radius 3 is 2.65 bits per heavy atom. The Balaban J connectivity index is 1.77. The highest BCUT2D eigenvalue weighted by Gasteiger charge is 2.51. The van der Waals surface area contributed by atoms with Gasteiger partial charge in [0.05, 0.1) is 18.5 Å². The molecule has 0 saturated carbocycles. The molecule has 1 unspecified atom stereocenters. The van der Waals surface area contributed by atoms with Crippen molar-refractivity contribution in [1.82, 2.24) is 5.32 Å². The summed E-state index contributed by atoms with van der Waals surface area (Å²) >= 11 is 6.19. The Morgan fingerprint density at radius 1 is 1.13 bits per heavy atom. The Bertz CT molecular complexity index is 1150. The van der Waals surface area contributed by atoms with Crippen molar-refractivity contribution in [3.63, 3.8) is 0 Å². The lowest BCUT2D eigenvalue weighted by molar-refractivity contribution is -0.140. The number of para-hydroxylation sites is 1. The number of ether oxygens (including phenoxy) is 1. The van der Waals surface area contributed by atoms with Gasteiger partial charge in [-0.05, 0) is 29.8 Å². The van der Waals surface area contributed by atoms with Gasteiger partial charge < -0.3 is 20.5 Å². The van der Waals surface area contributed by atoms with E-state index in [1.54, 1.807) is 72.8 Å². The smallest absolute Gasteiger partial charge is 0.329 e. The number of anilines is 2. The molecule has 4 rings (SSSR count). The highest BCUT2D eigenvalue weighted by Crippen LogP contribution is 2.40. The van der Waals surface area contributed by atoms with E-state index in [-0.39, 0.29) is 12.1 Å². The zero-order valence-electron chi connectivity index (χ0n) is 16.6. The third-order valence-corrected chi connectivity index (χ3v) is 5.47. The summed E-state index contributed by atoms with van der Waals surface area (Å²) in [5.41, 5.74) is -0.729. The second-order valence-corrected chi connectivity index (χ2v) is 7.37. The molecule has 0 fully saturated rings. The van der Waals surface area contributed by atoms with Gasteiger partial charge in [-0.15, -0.1) is 0 Å². The maximum atomic E-state index is 13.4. The standard InChI is InChI=1S/C23H20ClN3O4/c1-31-17-9-6-8-16(13-17)27-22(29)26-20-12-5-3-10-18(20)23(27,30)21(28)25-14-15-7-2-4-11-19(15)24/h2-13,30H,14H2,1H3,(H,25,28)(H,26,29). The average Bonchev–Trinajstić information content (AvgIpc) is 2.78. The normalized spacial score (nSPS) is 17.5. The number of methoxy groups -OCH3 is 1. The monoisotopic (exact) mass is 437 g/mol. The number of benzene rings is 3. The predicted molar refractivity (Wildman–Crippen MR) is 118 cm³/mol. The fourth-order valence-electron chi connectivity index (χ4n) is 3.55. The number of urea groups is 1. The maximum absolute atomic E-state index is 13.4. The Kier molecular flexibility index (Phi) is 5.54. The van der Waals surface area contributed by atoms with Crippen molar-refractivity contribution >= 4 is 34.9 Å². The van der Waals surface area contributed by atoms with E-state index in [9.17, 15) is 14.7 Å². The lowest BCUT2D eigenvalue weighted by atomic mass is 9.94. The Labute approximate surface area is 184 Å². The maximum Gasteiger partial charge on any atom is 0.329 e. The van der Waals surface area contributed by atoms with E-state index in [0.717, 1.165) is 4.90 Å². The Hall–Kier alpha value is -3.55. The molecule has 0 spiro atoms. The van der Waals surface area contributed by atoms with Crippen LogP contribution in [0, 0.1) is 0 Å². The van der Waals surface area contributed by atoms with Crippen LogP contribution in [-0.2, 0) is 17.1 Å². The molecule has 0 saturated heterocycles. The van der Waals surface area contributed by atoms with Crippen LogP contribution in [0.25, 0.3) is 0 Å². The van der Waals surface area contributed by atoms with Gasteiger partial charge in [-0.1, -0.05) is 54.1 Å². The first-order valence-corrected chi connectivity index (χ1v) is 9.92. The van der Waals surface area contributed by atoms with E-state index in [1.807, 2.05) is 0 Å². The van der Waals surface area contributed by atoms with Crippen LogP contribution in [0.5, 0.6) is 5.75 Å². The van der Waals surface area contributed by atoms with E-state index < -0.39 is 17.7 Å². The second-order valence-electron chi connectivity index (χ2n) is 6.96. The van der Waals surface area contributed by atoms with Crippen molar-refractivity contribution in [2.24, 2.45) is 0 Å². The van der Waals surface area contributed by atoms with Gasteiger partial charge in [0.25, 0.3) is 11.6 Å². The summed E-state index contributed by atoms with van der Waals surface area (Å²) in [4.78, 5) is 27.4. The summed E-state index contributed by atoms with van der Waals surface area (Å²) in [5.74, 6) is -0.291. The number of nitrogens with zero attached hydrogens (tertiary/aromatic N) is 1. The molecule has 31 heavy (non-hydrogen) atoms. The van der Waals surface area contributed by atoms with Crippen LogP contribution in [0.4, 0.5) is 16.2 Å². The van der Waals surface area contributed by atoms with Crippen molar-refractivity contribution in [3.8, 4) is 5.75 Å². The number of amides is 3. The third kappa shape index (κ3) is 3.69. The molecule has 0 aliphatic carbocycles. The van der Waals surface area contributed by atoms with Gasteiger partial charge in [0, 0.05) is 23.2 Å². The predicted octanol–water partition coefficient (Wildman–Crippen LogP) is 3.86. The van der Waals surface area contributed by atoms with Crippen molar-refractivity contribution in [3.05, 3.63) is 88.9 Å². The molecule has 3 amide bonds. The molecule has 8 heteroatoms. The highest BCUT2D eigenvalue weighted by atomic mass is 35.5. The molecule has 3 aromatic rings. The molecule has 1 aliphatic rings. The molecular formula is C23H20ClN3O4. The van der Waals surface area contributed by atoms with Crippen molar-refractivity contribution < 1.29 is 19.4 Å². The lowest BCUT2D eigenvalue weighted by Crippen LogP contribution is -2.62. The summed E-state index contributed by atoms with van der Waals surface area (Å²) in [6.07, 6.45) is 0. The number of fused-ring (bicyclic) bond motifs is 1. The summed E-state index contributed by atoms with van der Waals surface area (Å²) < 4.78 is 5.24. The van der Waals surface area contributed by atoms with E-state index in [0.29, 0.717) is 27.7 Å². The quantitative estimate of drug-likeness (QED) is 0.565. The topological polar surface area (TPSA) is 90.9 Å². The number of rotatable bonds is 5. The number of halogens is 1. The van der Waals surface area contributed by atoms with Crippen LogP contribution in [0.2, 0.25) is 5.02 Å². The van der Waals surface area contributed by atoms with Gasteiger partial charge in [0.1, 0.15) is 5.75 Å². The van der Waals surface area contributed by atoms with Crippen LogP contribution in [-0.4, -0.2) is 24.2 Å². The molecular weight excluding hydrogens is 418 g/mol. The van der Waals surface area contributed by atoms with Crippen molar-refractivity contribution in [2.75, 3.05) is 17.3 Å². The second kappa shape index (κ2) is 8.29. The zero-order chi connectivity index (χ0) is 22.0. The van der Waals surface area contributed by atoms with Crippen LogP contribution in [0.3, 0.4) is 0 Å². The fraction of sp³-hybridized carbons (Fsp3) is 0.130. The summed E-state index contributed by atoms with van der Waals surface area (Å²) in [6, 6.07) is 19.6. The van der Waals surface area contributed by atoms with Crippen LogP contribution < -0.4 is 20.3 Å². The number of hydrogen-bond donors (Lipinski definition) is 3. The number of carbonyl (C=O) groups is 2. The minimum Gasteiger partial charge on any atom is -0.497 e. The van der Waals surface area contributed by atoms with E-state index >= 15 is 0 Å². The van der Waals surface area contributed by atoms with Gasteiger partial charge in [-0.25, -0.2) is 4.79 Å². The number of carbonyl (C=O) groups excluding carboxylic acids is 2. The van der Waals surface area contributed by atoms with Gasteiger partial charge >= 0.3 is 6.03 Å². The largest absolute Gasteiger partial charge is 0.497 e. The zero-order valence-corrected chi connectivity index (χ0v) is 17.4. The molecule has 3 aromatic carbocycles. The van der Waals surface area contributed by atoms with E-state index in [4.69, 9.17) is 16.3 Å². The van der Waals surface area contributed by atoms with E-state index in [2.05, 4.69) is 10.6 Å². The first-order valence-electron chi connectivity index (χ1n) is 9.54. The van der Waals surface area contributed by atoms with Crippen LogP contribution in [0.1, 0.15) is 11.1 Å². The minimum atomic E-state index is -2.30. The fourth-order valence-corrected chi connectivity index (χ4v) is 3.76. The molecule has 7 nitrogen and oxygen atoms in total. The summed E-state index contributed by atoms with van der Waals surface area (Å²) in [7, 11) is 1.49. The van der Waals surface area contributed by atoms with Crippen LogP contribution >= 0.6 is 11.6 Å². The van der Waals surface area contributed by atoms with Crippen LogP contribution in [0.15, 0.2) is 72.8 Å². The molecule has 0 bridgehead atoms. The lowest BCUT2D eigenvalue weighted by Gasteiger charge is -2.42. The SMILES string of the molecule is COc1cccc(N2C(=O)Nc3ccccc3C2(O)C(=O)NCc2ccccc2Cl)c1. The molecule has 1 aliphatic heterocycles. The highest BCUT2D eigenvalue weighted by molar-refractivity contribution is 6.31. The first kappa shape index (κ1) is 20.7. The van der Waals surface area contributed by atoms with Gasteiger partial charge in [-0.3, -0.25) is 9.69 Å². The molecule has 3 N–H and O–H groups in total. The third-order valence-electron chi connectivity index (χ3n) is 5.10. The van der Waals surface area contributed by atoms with Crippen molar-refractivity contribution in [1.29, 1.82) is 0 Å². The number of hydrogen-bond acceptors (Lipinski definition) is 4. The molecule has 1 heterocycles.